The quantitative estimate of drug-likeness (QED) is 0.878. The molecule has 3 nitrogen and oxygen atoms in total. The summed E-state index contributed by atoms with van der Waals surface area (Å²) in [5.41, 5.74) is 1.74. The Hall–Kier alpha value is -2.29. The minimum absolute atomic E-state index is 0.577. The Bertz CT molecular complexity index is 620. The smallest absolute Gasteiger partial charge is 0.318 e. The Labute approximate surface area is 132 Å². The zero-order chi connectivity index (χ0) is 16.2. The number of aliphatic carboxylic acids is 1. The number of hydrogen-bond acceptors (Lipinski definition) is 2. The molecule has 0 aliphatic rings. The lowest BCUT2D eigenvalue weighted by Gasteiger charge is -2.31. The standard InChI is InChI=1S/C19H23NO2/c1-4-14-19(18(21)22,15-8-6-5-7-9-15)16-10-12-17(13-11-16)20(2)3/h5-13H,4,14H2,1-3H3,(H,21,22)/t19-/m0/s1. The van der Waals surface area contributed by atoms with Crippen LogP contribution >= 0.6 is 0 Å². The highest BCUT2D eigenvalue weighted by atomic mass is 16.4. The molecule has 0 aliphatic heterocycles. The van der Waals surface area contributed by atoms with Gasteiger partial charge in [-0.05, 0) is 29.7 Å². The number of nitrogens with zero attached hydrogens (tertiary/aromatic N) is 1. The summed E-state index contributed by atoms with van der Waals surface area (Å²) in [6.07, 6.45) is 1.38. The molecular formula is C19H23NO2. The first-order chi connectivity index (χ1) is 10.5. The number of carbonyl (C=O) groups is 1. The lowest BCUT2D eigenvalue weighted by Crippen LogP contribution is -2.37. The van der Waals surface area contributed by atoms with Crippen LogP contribution in [-0.4, -0.2) is 25.2 Å². The molecule has 2 aromatic rings. The van der Waals surface area contributed by atoms with Crippen molar-refractivity contribution >= 4 is 11.7 Å². The molecule has 0 saturated carbocycles. The first kappa shape index (κ1) is 16.1. The largest absolute Gasteiger partial charge is 0.480 e. The van der Waals surface area contributed by atoms with Crippen LogP contribution in [0, 0.1) is 0 Å². The molecular weight excluding hydrogens is 274 g/mol. The van der Waals surface area contributed by atoms with Crippen molar-refractivity contribution in [1.29, 1.82) is 0 Å². The van der Waals surface area contributed by atoms with Crippen molar-refractivity contribution in [3.8, 4) is 0 Å². The van der Waals surface area contributed by atoms with Crippen molar-refractivity contribution in [3.63, 3.8) is 0 Å². The van der Waals surface area contributed by atoms with Gasteiger partial charge >= 0.3 is 5.97 Å². The second-order valence-corrected chi connectivity index (χ2v) is 5.77. The predicted molar refractivity (Wildman–Crippen MR) is 90.5 cm³/mol. The van der Waals surface area contributed by atoms with E-state index in [1.165, 1.54) is 0 Å². The van der Waals surface area contributed by atoms with E-state index >= 15 is 0 Å². The molecule has 1 N–H and O–H groups in total. The maximum atomic E-state index is 12.2. The van der Waals surface area contributed by atoms with Crippen LogP contribution in [0.1, 0.15) is 30.9 Å². The highest BCUT2D eigenvalue weighted by Crippen LogP contribution is 2.37. The molecule has 22 heavy (non-hydrogen) atoms. The van der Waals surface area contributed by atoms with Crippen molar-refractivity contribution in [2.75, 3.05) is 19.0 Å². The van der Waals surface area contributed by atoms with E-state index in [-0.39, 0.29) is 0 Å². The number of rotatable bonds is 6. The van der Waals surface area contributed by atoms with Crippen molar-refractivity contribution < 1.29 is 9.90 Å². The summed E-state index contributed by atoms with van der Waals surface area (Å²) in [7, 11) is 3.95. The van der Waals surface area contributed by atoms with Crippen LogP contribution in [0.2, 0.25) is 0 Å². The van der Waals surface area contributed by atoms with Gasteiger partial charge in [0, 0.05) is 19.8 Å². The molecule has 0 aromatic heterocycles. The lowest BCUT2D eigenvalue weighted by atomic mass is 9.71. The van der Waals surface area contributed by atoms with Crippen molar-refractivity contribution in [3.05, 3.63) is 65.7 Å². The van der Waals surface area contributed by atoms with E-state index in [0.717, 1.165) is 23.2 Å². The van der Waals surface area contributed by atoms with Gasteiger partial charge in [0.15, 0.2) is 0 Å². The van der Waals surface area contributed by atoms with Crippen LogP contribution in [-0.2, 0) is 10.2 Å². The van der Waals surface area contributed by atoms with Gasteiger partial charge in [0.1, 0.15) is 5.41 Å². The Morgan fingerprint density at radius 1 is 1.00 bits per heavy atom. The fourth-order valence-electron chi connectivity index (χ4n) is 2.95. The molecule has 0 aliphatic carbocycles. The second-order valence-electron chi connectivity index (χ2n) is 5.77. The summed E-state index contributed by atoms with van der Waals surface area (Å²) in [6, 6.07) is 17.4. The number of carboxylic acid groups (broad SMARTS) is 1. The molecule has 116 valence electrons. The van der Waals surface area contributed by atoms with Crippen LogP contribution in [0.4, 0.5) is 5.69 Å². The third-order valence-electron chi connectivity index (χ3n) is 4.13. The number of carboxylic acids is 1. The van der Waals surface area contributed by atoms with E-state index in [0.29, 0.717) is 6.42 Å². The van der Waals surface area contributed by atoms with Gasteiger partial charge < -0.3 is 10.0 Å². The van der Waals surface area contributed by atoms with Gasteiger partial charge in [0.25, 0.3) is 0 Å². The van der Waals surface area contributed by atoms with E-state index in [9.17, 15) is 9.90 Å². The molecule has 0 unspecified atom stereocenters. The Morgan fingerprint density at radius 3 is 2.00 bits per heavy atom. The molecule has 0 radical (unpaired) electrons. The summed E-state index contributed by atoms with van der Waals surface area (Å²) in [5.74, 6) is -0.793. The first-order valence-electron chi connectivity index (χ1n) is 7.59. The van der Waals surface area contributed by atoms with Gasteiger partial charge in [-0.3, -0.25) is 4.79 Å². The zero-order valence-electron chi connectivity index (χ0n) is 13.4. The third-order valence-corrected chi connectivity index (χ3v) is 4.13. The molecule has 2 rings (SSSR count). The minimum atomic E-state index is -0.985. The van der Waals surface area contributed by atoms with Crippen LogP contribution in [0.3, 0.4) is 0 Å². The molecule has 3 heteroatoms. The van der Waals surface area contributed by atoms with Gasteiger partial charge in [0.2, 0.25) is 0 Å². The third kappa shape index (κ3) is 2.84. The number of anilines is 1. The number of hydrogen-bond donors (Lipinski definition) is 1. The zero-order valence-corrected chi connectivity index (χ0v) is 13.4. The maximum absolute atomic E-state index is 12.2. The molecule has 0 fully saturated rings. The van der Waals surface area contributed by atoms with E-state index in [1.54, 1.807) is 0 Å². The highest BCUT2D eigenvalue weighted by molar-refractivity contribution is 5.86. The molecule has 1 atom stereocenters. The summed E-state index contributed by atoms with van der Waals surface area (Å²) in [5, 5.41) is 10.0. The highest BCUT2D eigenvalue weighted by Gasteiger charge is 2.41. The molecule has 0 amide bonds. The monoisotopic (exact) mass is 297 g/mol. The normalized spacial score (nSPS) is 13.4. The molecule has 2 aromatic carbocycles. The second kappa shape index (κ2) is 6.65. The topological polar surface area (TPSA) is 40.5 Å². The average Bonchev–Trinajstić information content (AvgIpc) is 2.53. The predicted octanol–water partition coefficient (Wildman–Crippen LogP) is 3.92. The molecule has 0 saturated heterocycles. The van der Waals surface area contributed by atoms with Gasteiger partial charge in [-0.25, -0.2) is 0 Å². The Balaban J connectivity index is 2.60. The van der Waals surface area contributed by atoms with Crippen LogP contribution in [0.5, 0.6) is 0 Å². The molecule has 0 spiro atoms. The summed E-state index contributed by atoms with van der Waals surface area (Å²) in [4.78, 5) is 14.2. The summed E-state index contributed by atoms with van der Waals surface area (Å²) in [6.45, 7) is 2.02. The van der Waals surface area contributed by atoms with Gasteiger partial charge in [-0.2, -0.15) is 0 Å². The maximum Gasteiger partial charge on any atom is 0.318 e. The molecule has 0 heterocycles. The minimum Gasteiger partial charge on any atom is -0.480 e. The first-order valence-corrected chi connectivity index (χ1v) is 7.59. The van der Waals surface area contributed by atoms with Crippen LogP contribution < -0.4 is 4.90 Å². The molecule has 0 bridgehead atoms. The van der Waals surface area contributed by atoms with Gasteiger partial charge in [-0.15, -0.1) is 0 Å². The van der Waals surface area contributed by atoms with Crippen molar-refractivity contribution in [1.82, 2.24) is 0 Å². The van der Waals surface area contributed by atoms with Crippen LogP contribution in [0.15, 0.2) is 54.6 Å². The van der Waals surface area contributed by atoms with E-state index < -0.39 is 11.4 Å². The summed E-state index contributed by atoms with van der Waals surface area (Å²) < 4.78 is 0. The van der Waals surface area contributed by atoms with Crippen molar-refractivity contribution in [2.45, 2.75) is 25.2 Å². The SMILES string of the molecule is CCC[C@](C(=O)O)(c1ccccc1)c1ccc(N(C)C)cc1. The van der Waals surface area contributed by atoms with E-state index in [4.69, 9.17) is 0 Å². The van der Waals surface area contributed by atoms with Crippen LogP contribution in [0.25, 0.3) is 0 Å². The summed E-state index contributed by atoms with van der Waals surface area (Å²) >= 11 is 0. The van der Waals surface area contributed by atoms with Gasteiger partial charge in [-0.1, -0.05) is 55.8 Å². The fourth-order valence-corrected chi connectivity index (χ4v) is 2.95. The van der Waals surface area contributed by atoms with E-state index in [2.05, 4.69) is 0 Å². The van der Waals surface area contributed by atoms with Gasteiger partial charge in [0.05, 0.1) is 0 Å². The Kier molecular flexibility index (Phi) is 4.86. The average molecular weight is 297 g/mol. The Morgan fingerprint density at radius 2 is 1.55 bits per heavy atom. The van der Waals surface area contributed by atoms with E-state index in [1.807, 2.05) is 80.5 Å². The van der Waals surface area contributed by atoms with Crippen molar-refractivity contribution in [2.24, 2.45) is 0 Å². The fraction of sp³-hybridized carbons (Fsp3) is 0.316. The lowest BCUT2D eigenvalue weighted by molar-refractivity contribution is -0.142. The number of benzene rings is 2.